The molecule has 0 N–H and O–H groups in total. The highest BCUT2D eigenvalue weighted by Gasteiger charge is 2.32. The first-order valence-electron chi connectivity index (χ1n) is 10.4. The number of Topliss-reactive ketones (excluding diaryl/α,β-unsaturated/α-hetero) is 1. The van der Waals surface area contributed by atoms with Gasteiger partial charge in [0.25, 0.3) is 0 Å². The number of aromatic nitrogens is 2. The number of nitrogens with zero attached hydrogens (tertiary/aromatic N) is 3. The fourth-order valence-corrected chi connectivity index (χ4v) is 3.97. The maximum absolute atomic E-state index is 13.3. The molecule has 7 heteroatoms. The molecule has 2 heterocycles. The number of pyridine rings is 1. The molecule has 0 atom stereocenters. The van der Waals surface area contributed by atoms with E-state index in [4.69, 9.17) is 4.74 Å². The number of carbonyl (C=O) groups is 3. The maximum Gasteiger partial charge on any atom is 0.355 e. The van der Waals surface area contributed by atoms with E-state index >= 15 is 0 Å². The molecule has 1 fully saturated rings. The number of ether oxygens (including phenoxy) is 1. The van der Waals surface area contributed by atoms with E-state index in [0.29, 0.717) is 29.1 Å². The minimum Gasteiger partial charge on any atom is -0.461 e. The number of carbonyl (C=O) groups excluding carboxylic acids is 3. The topological polar surface area (TPSA) is 81.5 Å². The number of hydrogen-bond donors (Lipinski definition) is 0. The van der Waals surface area contributed by atoms with Crippen LogP contribution in [0.4, 0.5) is 0 Å². The molecule has 2 aromatic rings. The van der Waals surface area contributed by atoms with Gasteiger partial charge in [-0.05, 0) is 50.8 Å². The van der Waals surface area contributed by atoms with Gasteiger partial charge in [-0.2, -0.15) is 0 Å². The first-order valence-corrected chi connectivity index (χ1v) is 10.4. The van der Waals surface area contributed by atoms with E-state index in [1.54, 1.807) is 42.8 Å². The van der Waals surface area contributed by atoms with Gasteiger partial charge in [-0.15, -0.1) is 0 Å². The Labute approximate surface area is 177 Å². The number of rotatable bonds is 8. The van der Waals surface area contributed by atoms with Crippen LogP contribution in [0.5, 0.6) is 0 Å². The van der Waals surface area contributed by atoms with Crippen molar-refractivity contribution in [2.24, 2.45) is 13.0 Å². The molecule has 7 nitrogen and oxygen atoms in total. The zero-order valence-electron chi connectivity index (χ0n) is 18.1. The van der Waals surface area contributed by atoms with Crippen LogP contribution in [0.3, 0.4) is 0 Å². The van der Waals surface area contributed by atoms with Crippen molar-refractivity contribution in [2.45, 2.75) is 46.6 Å². The molecular formula is C23H29N3O4. The Morgan fingerprint density at radius 3 is 2.57 bits per heavy atom. The largest absolute Gasteiger partial charge is 0.461 e. The molecule has 0 saturated heterocycles. The lowest BCUT2D eigenvalue weighted by Crippen LogP contribution is -2.41. The number of esters is 1. The fourth-order valence-electron chi connectivity index (χ4n) is 3.97. The van der Waals surface area contributed by atoms with E-state index in [-0.39, 0.29) is 30.8 Å². The summed E-state index contributed by atoms with van der Waals surface area (Å²) < 4.78 is 6.84. The summed E-state index contributed by atoms with van der Waals surface area (Å²) in [5.41, 5.74) is 3.03. The minimum absolute atomic E-state index is 0.00954. The Morgan fingerprint density at radius 1 is 1.27 bits per heavy atom. The van der Waals surface area contributed by atoms with Crippen molar-refractivity contribution in [2.75, 3.05) is 13.2 Å². The van der Waals surface area contributed by atoms with Crippen LogP contribution < -0.4 is 0 Å². The quantitative estimate of drug-likeness (QED) is 0.492. The smallest absolute Gasteiger partial charge is 0.355 e. The van der Waals surface area contributed by atoms with Gasteiger partial charge >= 0.3 is 5.97 Å². The van der Waals surface area contributed by atoms with Gasteiger partial charge in [-0.25, -0.2) is 4.79 Å². The van der Waals surface area contributed by atoms with Crippen LogP contribution in [0.25, 0.3) is 0 Å². The average molecular weight is 412 g/mol. The monoisotopic (exact) mass is 411 g/mol. The highest BCUT2D eigenvalue weighted by molar-refractivity contribution is 6.04. The Kier molecular flexibility index (Phi) is 6.70. The van der Waals surface area contributed by atoms with Crippen LogP contribution >= 0.6 is 0 Å². The normalized spacial score (nSPS) is 13.6. The molecule has 1 amide bonds. The second-order valence-electron chi connectivity index (χ2n) is 7.82. The summed E-state index contributed by atoms with van der Waals surface area (Å²) in [6, 6.07) is 3.72. The van der Waals surface area contributed by atoms with Crippen molar-refractivity contribution in [3.8, 4) is 0 Å². The highest BCUT2D eigenvalue weighted by atomic mass is 16.5. The van der Waals surface area contributed by atoms with Crippen LogP contribution in [-0.4, -0.2) is 45.3 Å². The molecule has 0 aromatic carbocycles. The van der Waals surface area contributed by atoms with Crippen molar-refractivity contribution in [1.29, 1.82) is 0 Å². The molecule has 160 valence electrons. The zero-order chi connectivity index (χ0) is 21.8. The third-order valence-corrected chi connectivity index (χ3v) is 5.87. The van der Waals surface area contributed by atoms with Gasteiger partial charge in [0.05, 0.1) is 13.2 Å². The average Bonchev–Trinajstić information content (AvgIpc) is 2.89. The molecule has 1 aliphatic rings. The number of amides is 1. The molecule has 30 heavy (non-hydrogen) atoms. The van der Waals surface area contributed by atoms with E-state index in [9.17, 15) is 14.4 Å². The first-order chi connectivity index (χ1) is 14.3. The Bertz CT molecular complexity index is 945. The van der Waals surface area contributed by atoms with E-state index < -0.39 is 5.97 Å². The molecule has 0 unspecified atom stereocenters. The van der Waals surface area contributed by atoms with Gasteiger partial charge < -0.3 is 14.2 Å². The summed E-state index contributed by atoms with van der Waals surface area (Å²) >= 11 is 0. The van der Waals surface area contributed by atoms with Gasteiger partial charge in [0.2, 0.25) is 5.91 Å². The number of ketones is 1. The van der Waals surface area contributed by atoms with Crippen molar-refractivity contribution in [3.63, 3.8) is 0 Å². The third-order valence-electron chi connectivity index (χ3n) is 5.87. The van der Waals surface area contributed by atoms with Crippen molar-refractivity contribution < 1.29 is 19.1 Å². The van der Waals surface area contributed by atoms with Crippen LogP contribution in [-0.2, 0) is 23.1 Å². The lowest BCUT2D eigenvalue weighted by atomic mass is 9.84. The van der Waals surface area contributed by atoms with E-state index in [2.05, 4.69) is 4.98 Å². The van der Waals surface area contributed by atoms with Crippen LogP contribution in [0, 0.1) is 19.8 Å². The fraction of sp³-hybridized carbons (Fsp3) is 0.478. The standard InChI is InChI=1S/C23H29N3O4/c1-5-30-23(29)21-15(2)20(16(3)25(21)4)19(27)14-26(22(28)18-9-6-10-18)13-17-8-7-11-24-12-17/h7-8,11-12,18H,5-6,9-10,13-14H2,1-4H3. The van der Waals surface area contributed by atoms with Crippen LogP contribution in [0.1, 0.15) is 63.9 Å². The van der Waals surface area contributed by atoms with E-state index in [1.807, 2.05) is 19.1 Å². The zero-order valence-corrected chi connectivity index (χ0v) is 18.1. The van der Waals surface area contributed by atoms with Crippen LogP contribution in [0.2, 0.25) is 0 Å². The predicted molar refractivity (Wildman–Crippen MR) is 112 cm³/mol. The molecule has 1 saturated carbocycles. The van der Waals surface area contributed by atoms with Crippen molar-refractivity contribution in [3.05, 3.63) is 52.6 Å². The van der Waals surface area contributed by atoms with Gasteiger partial charge in [0.1, 0.15) is 5.69 Å². The van der Waals surface area contributed by atoms with E-state index in [1.165, 1.54) is 0 Å². The molecule has 0 aliphatic heterocycles. The third kappa shape index (κ3) is 4.30. The lowest BCUT2D eigenvalue weighted by molar-refractivity contribution is -0.138. The van der Waals surface area contributed by atoms with Crippen molar-refractivity contribution >= 4 is 17.7 Å². The van der Waals surface area contributed by atoms with E-state index in [0.717, 1.165) is 24.8 Å². The summed E-state index contributed by atoms with van der Waals surface area (Å²) in [5.74, 6) is -0.622. The van der Waals surface area contributed by atoms with Crippen molar-refractivity contribution in [1.82, 2.24) is 14.5 Å². The lowest BCUT2D eigenvalue weighted by Gasteiger charge is -2.31. The molecule has 0 spiro atoms. The second kappa shape index (κ2) is 9.24. The molecule has 2 aromatic heterocycles. The summed E-state index contributed by atoms with van der Waals surface area (Å²) in [6.07, 6.45) is 6.18. The molecule has 3 rings (SSSR count). The summed E-state index contributed by atoms with van der Waals surface area (Å²) in [7, 11) is 1.75. The summed E-state index contributed by atoms with van der Waals surface area (Å²) in [6.45, 7) is 5.88. The molecule has 0 radical (unpaired) electrons. The van der Waals surface area contributed by atoms with Gasteiger partial charge in [-0.1, -0.05) is 12.5 Å². The number of hydrogen-bond acceptors (Lipinski definition) is 5. The molecular weight excluding hydrogens is 382 g/mol. The van der Waals surface area contributed by atoms with Crippen LogP contribution in [0.15, 0.2) is 24.5 Å². The predicted octanol–water partition coefficient (Wildman–Crippen LogP) is 3.23. The molecule has 1 aliphatic carbocycles. The Hall–Kier alpha value is -2.96. The Balaban J connectivity index is 1.87. The summed E-state index contributed by atoms with van der Waals surface area (Å²) in [4.78, 5) is 44.4. The maximum atomic E-state index is 13.3. The van der Waals surface area contributed by atoms with Gasteiger partial charge in [-0.3, -0.25) is 14.6 Å². The Morgan fingerprint density at radius 2 is 2.00 bits per heavy atom. The minimum atomic E-state index is -0.447. The first kappa shape index (κ1) is 21.7. The SMILES string of the molecule is CCOC(=O)c1c(C)c(C(=O)CN(Cc2cccnc2)C(=O)C2CCC2)c(C)n1C. The van der Waals surface area contributed by atoms with Gasteiger partial charge in [0, 0.05) is 43.2 Å². The van der Waals surface area contributed by atoms with Gasteiger partial charge in [0.15, 0.2) is 5.78 Å². The summed E-state index contributed by atoms with van der Waals surface area (Å²) in [5, 5.41) is 0. The second-order valence-corrected chi connectivity index (χ2v) is 7.82. The molecule has 0 bridgehead atoms. The highest BCUT2D eigenvalue weighted by Crippen LogP contribution is 2.29.